The second-order valence-electron chi connectivity index (χ2n) is 4.14. The van der Waals surface area contributed by atoms with Gasteiger partial charge in [-0.2, -0.15) is 0 Å². The van der Waals surface area contributed by atoms with E-state index < -0.39 is 0 Å². The van der Waals surface area contributed by atoms with Crippen LogP contribution in [-0.2, 0) is 0 Å². The maximum absolute atomic E-state index is 11.8. The highest BCUT2D eigenvalue weighted by atomic mass is 16.5. The number of hydrogen-bond donors (Lipinski definition) is 2. The van der Waals surface area contributed by atoms with Gasteiger partial charge >= 0.3 is 6.03 Å². The van der Waals surface area contributed by atoms with E-state index in [4.69, 9.17) is 10.5 Å². The summed E-state index contributed by atoms with van der Waals surface area (Å²) < 4.78 is 5.17. The van der Waals surface area contributed by atoms with E-state index in [1.165, 1.54) is 0 Å². The molecular weight excluding hydrogens is 218 g/mol. The summed E-state index contributed by atoms with van der Waals surface area (Å²) in [5, 5.41) is 2.83. The van der Waals surface area contributed by atoms with E-state index in [9.17, 15) is 4.79 Å². The molecule has 5 heteroatoms. The Bertz CT molecular complexity index is 402. The molecule has 0 bridgehead atoms. The number of nitrogens with two attached hydrogens (primary N) is 1. The average Bonchev–Trinajstić information content (AvgIpc) is 2.28. The van der Waals surface area contributed by atoms with Crippen LogP contribution in [-0.4, -0.2) is 37.7 Å². The van der Waals surface area contributed by atoms with Crippen molar-refractivity contribution in [2.24, 2.45) is 11.7 Å². The fourth-order valence-electron chi connectivity index (χ4n) is 1.83. The number of rotatable bonds is 3. The molecule has 1 fully saturated rings. The van der Waals surface area contributed by atoms with Crippen LogP contribution in [0.15, 0.2) is 24.3 Å². The van der Waals surface area contributed by atoms with Crippen LogP contribution in [0.2, 0.25) is 0 Å². The van der Waals surface area contributed by atoms with Gasteiger partial charge in [0.05, 0.1) is 12.8 Å². The number of anilines is 1. The molecule has 1 aromatic carbocycles. The standard InChI is InChI=1S/C12H17N3O2/c1-17-11-5-3-2-4-10(11)14-12(16)15-7-9(6-13)8-15/h2-5,9H,6-8,13H2,1H3,(H,14,16). The van der Waals surface area contributed by atoms with Gasteiger partial charge in [0.2, 0.25) is 0 Å². The Labute approximate surface area is 101 Å². The van der Waals surface area contributed by atoms with E-state index in [1.54, 1.807) is 12.0 Å². The van der Waals surface area contributed by atoms with E-state index in [0.717, 1.165) is 13.1 Å². The van der Waals surface area contributed by atoms with Gasteiger partial charge in [-0.15, -0.1) is 0 Å². The van der Waals surface area contributed by atoms with Gasteiger partial charge in [-0.3, -0.25) is 0 Å². The minimum absolute atomic E-state index is 0.0980. The van der Waals surface area contributed by atoms with Gasteiger partial charge in [0.15, 0.2) is 0 Å². The van der Waals surface area contributed by atoms with E-state index in [0.29, 0.717) is 23.9 Å². The van der Waals surface area contributed by atoms with E-state index in [2.05, 4.69) is 5.32 Å². The normalized spacial score (nSPS) is 15.3. The number of urea groups is 1. The number of nitrogens with zero attached hydrogens (tertiary/aromatic N) is 1. The number of carbonyl (C=O) groups is 1. The summed E-state index contributed by atoms with van der Waals surface area (Å²) in [7, 11) is 1.58. The smallest absolute Gasteiger partial charge is 0.321 e. The second-order valence-corrected chi connectivity index (χ2v) is 4.14. The minimum atomic E-state index is -0.0980. The van der Waals surface area contributed by atoms with Crippen LogP contribution < -0.4 is 15.8 Å². The van der Waals surface area contributed by atoms with Gasteiger partial charge in [0, 0.05) is 19.0 Å². The predicted octanol–water partition coefficient (Wildman–Crippen LogP) is 1.12. The lowest BCUT2D eigenvalue weighted by Gasteiger charge is -2.38. The number of likely N-dealkylation sites (tertiary alicyclic amines) is 1. The van der Waals surface area contributed by atoms with Crippen molar-refractivity contribution in [2.75, 3.05) is 32.1 Å². The SMILES string of the molecule is COc1ccccc1NC(=O)N1CC(CN)C1. The topological polar surface area (TPSA) is 67.6 Å². The van der Waals surface area contributed by atoms with Crippen LogP contribution in [0.1, 0.15) is 0 Å². The predicted molar refractivity (Wildman–Crippen MR) is 66.1 cm³/mol. The van der Waals surface area contributed by atoms with Crippen molar-refractivity contribution >= 4 is 11.7 Å². The van der Waals surface area contributed by atoms with Crippen molar-refractivity contribution in [3.63, 3.8) is 0 Å². The maximum atomic E-state index is 11.8. The molecule has 2 rings (SSSR count). The lowest BCUT2D eigenvalue weighted by Crippen LogP contribution is -2.54. The number of carbonyl (C=O) groups excluding carboxylic acids is 1. The Balaban J connectivity index is 1.95. The highest BCUT2D eigenvalue weighted by molar-refractivity contribution is 5.91. The third-order valence-corrected chi connectivity index (χ3v) is 2.93. The maximum Gasteiger partial charge on any atom is 0.321 e. The molecule has 5 nitrogen and oxygen atoms in total. The summed E-state index contributed by atoms with van der Waals surface area (Å²) in [6.45, 7) is 2.10. The van der Waals surface area contributed by atoms with Crippen molar-refractivity contribution in [1.82, 2.24) is 4.90 Å². The molecule has 0 saturated carbocycles. The molecule has 17 heavy (non-hydrogen) atoms. The molecule has 3 N–H and O–H groups in total. The lowest BCUT2D eigenvalue weighted by molar-refractivity contribution is 0.135. The molecule has 0 aliphatic carbocycles. The molecule has 2 amide bonds. The highest BCUT2D eigenvalue weighted by Gasteiger charge is 2.29. The largest absolute Gasteiger partial charge is 0.495 e. The molecule has 1 heterocycles. The summed E-state index contributed by atoms with van der Waals surface area (Å²) in [5.74, 6) is 1.11. The molecule has 0 atom stereocenters. The van der Waals surface area contributed by atoms with E-state index in [-0.39, 0.29) is 6.03 Å². The molecule has 1 aliphatic heterocycles. The zero-order chi connectivity index (χ0) is 12.3. The van der Waals surface area contributed by atoms with Crippen molar-refractivity contribution in [3.05, 3.63) is 24.3 Å². The number of para-hydroxylation sites is 2. The van der Waals surface area contributed by atoms with Crippen LogP contribution in [0.25, 0.3) is 0 Å². The van der Waals surface area contributed by atoms with E-state index in [1.807, 2.05) is 24.3 Å². The number of methoxy groups -OCH3 is 1. The molecule has 0 spiro atoms. The summed E-state index contributed by atoms with van der Waals surface area (Å²) >= 11 is 0. The van der Waals surface area contributed by atoms with Gasteiger partial charge in [-0.1, -0.05) is 12.1 Å². The molecule has 92 valence electrons. The first-order valence-electron chi connectivity index (χ1n) is 5.63. The third-order valence-electron chi connectivity index (χ3n) is 2.93. The van der Waals surface area contributed by atoms with Crippen LogP contribution in [0.5, 0.6) is 5.75 Å². The molecule has 0 aromatic heterocycles. The molecule has 0 unspecified atom stereocenters. The van der Waals surface area contributed by atoms with Crippen molar-refractivity contribution in [1.29, 1.82) is 0 Å². The quantitative estimate of drug-likeness (QED) is 0.825. The lowest BCUT2D eigenvalue weighted by atomic mass is 10.0. The zero-order valence-electron chi connectivity index (χ0n) is 9.85. The van der Waals surface area contributed by atoms with Gasteiger partial charge < -0.3 is 20.7 Å². The fraction of sp³-hybridized carbons (Fsp3) is 0.417. The molecule has 0 radical (unpaired) electrons. The molecule has 1 aliphatic rings. The van der Waals surface area contributed by atoms with Crippen LogP contribution in [0, 0.1) is 5.92 Å². The first-order valence-corrected chi connectivity index (χ1v) is 5.63. The minimum Gasteiger partial charge on any atom is -0.495 e. The first-order chi connectivity index (χ1) is 8.24. The summed E-state index contributed by atoms with van der Waals surface area (Å²) in [6, 6.07) is 7.25. The number of nitrogens with one attached hydrogen (secondary N) is 1. The number of benzene rings is 1. The van der Waals surface area contributed by atoms with Gasteiger partial charge in [0.25, 0.3) is 0 Å². The Morgan fingerprint density at radius 1 is 1.53 bits per heavy atom. The average molecular weight is 235 g/mol. The monoisotopic (exact) mass is 235 g/mol. The van der Waals surface area contributed by atoms with Gasteiger partial charge in [-0.05, 0) is 18.7 Å². The zero-order valence-corrected chi connectivity index (χ0v) is 9.85. The molecular formula is C12H17N3O2. The van der Waals surface area contributed by atoms with Gasteiger partial charge in [-0.25, -0.2) is 4.79 Å². The fourth-order valence-corrected chi connectivity index (χ4v) is 1.83. The third kappa shape index (κ3) is 2.50. The van der Waals surface area contributed by atoms with Crippen molar-refractivity contribution in [2.45, 2.75) is 0 Å². The Morgan fingerprint density at radius 2 is 2.24 bits per heavy atom. The number of hydrogen-bond acceptors (Lipinski definition) is 3. The summed E-state index contributed by atoms with van der Waals surface area (Å²) in [5.41, 5.74) is 6.21. The number of amides is 2. The Kier molecular flexibility index (Phi) is 3.49. The van der Waals surface area contributed by atoms with Crippen molar-refractivity contribution in [3.8, 4) is 5.75 Å². The summed E-state index contributed by atoms with van der Waals surface area (Å²) in [4.78, 5) is 13.6. The van der Waals surface area contributed by atoms with Gasteiger partial charge in [0.1, 0.15) is 5.75 Å². The van der Waals surface area contributed by atoms with Crippen molar-refractivity contribution < 1.29 is 9.53 Å². The first kappa shape index (κ1) is 11.7. The van der Waals surface area contributed by atoms with Crippen LogP contribution >= 0.6 is 0 Å². The molecule has 1 saturated heterocycles. The second kappa shape index (κ2) is 5.05. The summed E-state index contributed by atoms with van der Waals surface area (Å²) in [6.07, 6.45) is 0. The van der Waals surface area contributed by atoms with E-state index >= 15 is 0 Å². The Hall–Kier alpha value is -1.75. The number of ether oxygens (including phenoxy) is 1. The molecule has 1 aromatic rings. The van der Waals surface area contributed by atoms with Crippen LogP contribution in [0.3, 0.4) is 0 Å². The van der Waals surface area contributed by atoms with Crippen LogP contribution in [0.4, 0.5) is 10.5 Å². The Morgan fingerprint density at radius 3 is 2.88 bits per heavy atom. The highest BCUT2D eigenvalue weighted by Crippen LogP contribution is 2.24.